The van der Waals surface area contributed by atoms with Crippen LogP contribution in [0.15, 0.2) is 55.1 Å². The zero-order chi connectivity index (χ0) is 31.1. The second kappa shape index (κ2) is 13.8. The van der Waals surface area contributed by atoms with Gasteiger partial charge in [0.1, 0.15) is 35.4 Å². The Bertz CT molecular complexity index is 1450. The first kappa shape index (κ1) is 31.6. The summed E-state index contributed by atoms with van der Waals surface area (Å²) in [6.45, 7) is 5.18. The number of hydrogen-bond donors (Lipinski definition) is 1. The Morgan fingerprint density at radius 2 is 1.81 bits per heavy atom. The zero-order valence-corrected chi connectivity index (χ0v) is 24.1. The minimum absolute atomic E-state index is 0.0355. The van der Waals surface area contributed by atoms with Crippen molar-refractivity contribution in [1.29, 1.82) is 0 Å². The molecule has 1 saturated heterocycles. The standard InChI is InChI=1S/C31H33F3N4O5/c1-31(2,3)43-30(41)38-16-22(42-18-21(38)17-39)8-9-24-27(34)14-36-15-28(24)37-29(40)12-25(19-4-6-20(32)7-5-19)23-10-11-35-13-26(23)33/h4-7,10-11,13-15,17,21-22,25H,8-9,12,16,18H2,1-3H3,(H,37,40)/t21?,22?,25-/m0/s1. The fraction of sp³-hybridized carbons (Fsp3) is 0.387. The summed E-state index contributed by atoms with van der Waals surface area (Å²) in [6, 6.07) is 6.04. The topological polar surface area (TPSA) is 111 Å². The maximum Gasteiger partial charge on any atom is 0.411 e. The average Bonchev–Trinajstić information content (AvgIpc) is 2.95. The highest BCUT2D eigenvalue weighted by Gasteiger charge is 2.35. The van der Waals surface area contributed by atoms with Crippen LogP contribution in [0, 0.1) is 17.5 Å². The molecule has 3 atom stereocenters. The number of aromatic nitrogens is 2. The molecular weight excluding hydrogens is 565 g/mol. The largest absolute Gasteiger partial charge is 0.444 e. The van der Waals surface area contributed by atoms with Crippen LogP contribution in [0.3, 0.4) is 0 Å². The van der Waals surface area contributed by atoms with Gasteiger partial charge in [-0.1, -0.05) is 12.1 Å². The minimum Gasteiger partial charge on any atom is -0.444 e. The van der Waals surface area contributed by atoms with Gasteiger partial charge in [0.25, 0.3) is 0 Å². The molecule has 2 amide bonds. The molecule has 1 aromatic carbocycles. The minimum atomic E-state index is -0.808. The number of anilines is 1. The van der Waals surface area contributed by atoms with Crippen LogP contribution in [-0.4, -0.2) is 64.1 Å². The molecule has 1 N–H and O–H groups in total. The molecule has 1 fully saturated rings. The molecular formula is C31H33F3N4O5. The van der Waals surface area contributed by atoms with E-state index in [0.29, 0.717) is 11.8 Å². The van der Waals surface area contributed by atoms with Gasteiger partial charge in [0.15, 0.2) is 0 Å². The van der Waals surface area contributed by atoms with E-state index in [4.69, 9.17) is 9.47 Å². The molecule has 12 heteroatoms. The molecule has 0 aliphatic carbocycles. The molecule has 2 unspecified atom stereocenters. The van der Waals surface area contributed by atoms with Crippen molar-refractivity contribution in [2.24, 2.45) is 0 Å². The molecule has 3 aromatic rings. The Labute approximate surface area is 247 Å². The number of hydrogen-bond acceptors (Lipinski definition) is 7. The Kier molecular flexibility index (Phi) is 10.1. The number of morpholine rings is 1. The quantitative estimate of drug-likeness (QED) is 0.338. The first-order valence-electron chi connectivity index (χ1n) is 13.8. The molecule has 2 aromatic heterocycles. The van der Waals surface area contributed by atoms with Gasteiger partial charge in [0, 0.05) is 24.1 Å². The number of aldehydes is 1. The van der Waals surface area contributed by atoms with Crippen LogP contribution in [0.2, 0.25) is 0 Å². The van der Waals surface area contributed by atoms with Crippen molar-refractivity contribution in [2.45, 2.75) is 63.7 Å². The van der Waals surface area contributed by atoms with Crippen LogP contribution in [0.4, 0.5) is 23.7 Å². The Hall–Kier alpha value is -4.32. The van der Waals surface area contributed by atoms with E-state index in [-0.39, 0.29) is 49.2 Å². The Morgan fingerprint density at radius 3 is 2.49 bits per heavy atom. The molecule has 0 bridgehead atoms. The van der Waals surface area contributed by atoms with Gasteiger partial charge in [-0.25, -0.2) is 18.0 Å². The predicted octanol–water partition coefficient (Wildman–Crippen LogP) is 5.19. The van der Waals surface area contributed by atoms with Crippen molar-refractivity contribution in [3.8, 4) is 0 Å². The highest BCUT2D eigenvalue weighted by molar-refractivity contribution is 5.92. The summed E-state index contributed by atoms with van der Waals surface area (Å²) in [5, 5.41) is 2.68. The summed E-state index contributed by atoms with van der Waals surface area (Å²) in [6.07, 6.45) is 4.35. The van der Waals surface area contributed by atoms with Gasteiger partial charge in [0.2, 0.25) is 5.91 Å². The monoisotopic (exact) mass is 598 g/mol. The molecule has 9 nitrogen and oxygen atoms in total. The summed E-state index contributed by atoms with van der Waals surface area (Å²) < 4.78 is 54.4. The number of nitrogens with zero attached hydrogens (tertiary/aromatic N) is 3. The SMILES string of the molecule is CC(C)(C)OC(=O)N1CC(CCc2c(F)cncc2NC(=O)C[C@@H](c2ccc(F)cc2)c2ccncc2F)OCC1C=O. The summed E-state index contributed by atoms with van der Waals surface area (Å²) >= 11 is 0. The number of halogens is 3. The van der Waals surface area contributed by atoms with Gasteiger partial charge in [-0.15, -0.1) is 0 Å². The molecule has 3 heterocycles. The lowest BCUT2D eigenvalue weighted by molar-refractivity contribution is -0.123. The van der Waals surface area contributed by atoms with E-state index in [1.54, 1.807) is 20.8 Å². The van der Waals surface area contributed by atoms with E-state index >= 15 is 0 Å². The third kappa shape index (κ3) is 8.38. The van der Waals surface area contributed by atoms with Crippen LogP contribution in [0.5, 0.6) is 0 Å². The van der Waals surface area contributed by atoms with E-state index in [0.717, 1.165) is 12.4 Å². The molecule has 1 aliphatic rings. The average molecular weight is 599 g/mol. The van der Waals surface area contributed by atoms with Crippen LogP contribution in [-0.2, 0) is 25.5 Å². The van der Waals surface area contributed by atoms with Crippen LogP contribution in [0.25, 0.3) is 0 Å². The fourth-order valence-corrected chi connectivity index (χ4v) is 4.84. The zero-order valence-electron chi connectivity index (χ0n) is 24.1. The third-order valence-electron chi connectivity index (χ3n) is 6.92. The fourth-order valence-electron chi connectivity index (χ4n) is 4.84. The molecule has 43 heavy (non-hydrogen) atoms. The van der Waals surface area contributed by atoms with Gasteiger partial charge < -0.3 is 19.6 Å². The molecule has 1 aliphatic heterocycles. The number of carbonyl (C=O) groups excluding carboxylic acids is 3. The van der Waals surface area contributed by atoms with Crippen LogP contribution in [0.1, 0.15) is 56.2 Å². The first-order chi connectivity index (χ1) is 20.4. The van der Waals surface area contributed by atoms with E-state index in [1.807, 2.05) is 0 Å². The summed E-state index contributed by atoms with van der Waals surface area (Å²) in [7, 11) is 0. The number of rotatable bonds is 9. The molecule has 0 saturated carbocycles. The lowest BCUT2D eigenvalue weighted by Gasteiger charge is -2.38. The van der Waals surface area contributed by atoms with Crippen LogP contribution >= 0.6 is 0 Å². The smallest absolute Gasteiger partial charge is 0.411 e. The summed E-state index contributed by atoms with van der Waals surface area (Å²) in [4.78, 5) is 46.4. The van der Waals surface area contributed by atoms with Crippen molar-refractivity contribution in [2.75, 3.05) is 18.5 Å². The molecule has 228 valence electrons. The highest BCUT2D eigenvalue weighted by Crippen LogP contribution is 2.31. The number of pyridine rings is 2. The summed E-state index contributed by atoms with van der Waals surface area (Å²) in [5.41, 5.74) is 0.249. The van der Waals surface area contributed by atoms with Crippen molar-refractivity contribution in [3.05, 3.63) is 89.3 Å². The first-order valence-corrected chi connectivity index (χ1v) is 13.8. The van der Waals surface area contributed by atoms with Crippen molar-refractivity contribution < 1.29 is 37.0 Å². The number of amides is 2. The third-order valence-corrected chi connectivity index (χ3v) is 6.92. The van der Waals surface area contributed by atoms with Gasteiger partial charge in [-0.05, 0) is 62.9 Å². The van der Waals surface area contributed by atoms with Gasteiger partial charge in [-0.2, -0.15) is 0 Å². The second-order valence-corrected chi connectivity index (χ2v) is 11.2. The van der Waals surface area contributed by atoms with Crippen molar-refractivity contribution in [1.82, 2.24) is 14.9 Å². The normalized spacial score (nSPS) is 17.7. The molecule has 0 radical (unpaired) electrons. The molecule has 0 spiro atoms. The lowest BCUT2D eigenvalue weighted by atomic mass is 9.88. The van der Waals surface area contributed by atoms with E-state index < -0.39 is 53.1 Å². The summed E-state index contributed by atoms with van der Waals surface area (Å²) in [5.74, 6) is -3.07. The highest BCUT2D eigenvalue weighted by atomic mass is 19.1. The van der Waals surface area contributed by atoms with Crippen LogP contribution < -0.4 is 5.32 Å². The van der Waals surface area contributed by atoms with Gasteiger partial charge in [0.05, 0.1) is 43.5 Å². The van der Waals surface area contributed by atoms with Crippen molar-refractivity contribution in [3.63, 3.8) is 0 Å². The van der Waals surface area contributed by atoms with Gasteiger partial charge >= 0.3 is 6.09 Å². The van der Waals surface area contributed by atoms with E-state index in [2.05, 4.69) is 15.3 Å². The Morgan fingerprint density at radius 1 is 1.09 bits per heavy atom. The second-order valence-electron chi connectivity index (χ2n) is 11.2. The maximum atomic E-state index is 15.0. The number of carbonyl (C=O) groups is 3. The van der Waals surface area contributed by atoms with Gasteiger partial charge in [-0.3, -0.25) is 19.7 Å². The predicted molar refractivity (Wildman–Crippen MR) is 151 cm³/mol. The number of nitrogens with one attached hydrogen (secondary N) is 1. The van der Waals surface area contributed by atoms with Crippen molar-refractivity contribution >= 4 is 24.0 Å². The number of benzene rings is 1. The maximum absolute atomic E-state index is 15.0. The van der Waals surface area contributed by atoms with E-state index in [1.165, 1.54) is 47.6 Å². The molecule has 4 rings (SSSR count). The number of ether oxygens (including phenoxy) is 2. The Balaban J connectivity index is 1.47. The van der Waals surface area contributed by atoms with E-state index in [9.17, 15) is 27.6 Å². The lowest BCUT2D eigenvalue weighted by Crippen LogP contribution is -2.54.